The first-order valence-corrected chi connectivity index (χ1v) is 6.35. The molecule has 0 amide bonds. The van der Waals surface area contributed by atoms with Crippen LogP contribution in [0.4, 0.5) is 11.9 Å². The lowest BCUT2D eigenvalue weighted by Gasteiger charge is -2.09. The van der Waals surface area contributed by atoms with Gasteiger partial charge in [-0.3, -0.25) is 9.55 Å². The number of nitrogens with two attached hydrogens (primary N) is 1. The van der Waals surface area contributed by atoms with Crippen molar-refractivity contribution in [3.63, 3.8) is 0 Å². The lowest BCUT2D eigenvalue weighted by atomic mass is 10.1. The molecule has 0 aliphatic rings. The van der Waals surface area contributed by atoms with Crippen LogP contribution in [0.3, 0.4) is 0 Å². The Balaban J connectivity index is 1.81. The Labute approximate surface area is 121 Å². The summed E-state index contributed by atoms with van der Waals surface area (Å²) in [7, 11) is 0. The van der Waals surface area contributed by atoms with Gasteiger partial charge in [0.25, 0.3) is 0 Å². The molecule has 0 bridgehead atoms. The zero-order valence-electron chi connectivity index (χ0n) is 11.4. The second-order valence-corrected chi connectivity index (χ2v) is 4.44. The fourth-order valence-electron chi connectivity index (χ4n) is 1.83. The maximum atomic E-state index is 5.72. The molecule has 0 aromatic carbocycles. The lowest BCUT2D eigenvalue weighted by molar-refractivity contribution is 0.894. The highest BCUT2D eigenvalue weighted by molar-refractivity contribution is 5.36. The molecule has 0 fully saturated rings. The smallest absolute Gasteiger partial charge is 0.241 e. The van der Waals surface area contributed by atoms with Gasteiger partial charge in [0.05, 0.1) is 0 Å². The fourth-order valence-corrected chi connectivity index (χ4v) is 1.83. The van der Waals surface area contributed by atoms with Gasteiger partial charge in [0.1, 0.15) is 6.33 Å². The van der Waals surface area contributed by atoms with E-state index in [2.05, 4.69) is 30.2 Å². The van der Waals surface area contributed by atoms with E-state index in [9.17, 15) is 0 Å². The van der Waals surface area contributed by atoms with Crippen LogP contribution in [0.25, 0.3) is 5.95 Å². The Bertz CT molecular complexity index is 738. The van der Waals surface area contributed by atoms with Crippen LogP contribution < -0.4 is 11.1 Å². The number of rotatable bonds is 4. The molecule has 3 aromatic rings. The molecule has 3 aromatic heterocycles. The van der Waals surface area contributed by atoms with Crippen LogP contribution in [0.15, 0.2) is 37.2 Å². The van der Waals surface area contributed by atoms with Crippen molar-refractivity contribution in [2.45, 2.75) is 13.5 Å². The summed E-state index contributed by atoms with van der Waals surface area (Å²) < 4.78 is 1.67. The number of aromatic nitrogens is 6. The second-order valence-electron chi connectivity index (χ2n) is 4.44. The summed E-state index contributed by atoms with van der Waals surface area (Å²) in [4.78, 5) is 20.5. The first-order valence-electron chi connectivity index (χ1n) is 6.35. The van der Waals surface area contributed by atoms with E-state index in [0.29, 0.717) is 18.4 Å². The van der Waals surface area contributed by atoms with E-state index >= 15 is 0 Å². The van der Waals surface area contributed by atoms with E-state index < -0.39 is 0 Å². The summed E-state index contributed by atoms with van der Waals surface area (Å²) >= 11 is 0. The van der Waals surface area contributed by atoms with Gasteiger partial charge in [-0.1, -0.05) is 0 Å². The van der Waals surface area contributed by atoms with Gasteiger partial charge in [-0.25, -0.2) is 4.98 Å². The quantitative estimate of drug-likeness (QED) is 0.733. The van der Waals surface area contributed by atoms with Gasteiger partial charge >= 0.3 is 0 Å². The van der Waals surface area contributed by atoms with Gasteiger partial charge in [0, 0.05) is 31.3 Å². The molecule has 0 spiro atoms. The average Bonchev–Trinajstić information content (AvgIpc) is 3.00. The molecule has 0 aliphatic carbocycles. The van der Waals surface area contributed by atoms with E-state index in [1.54, 1.807) is 29.5 Å². The molecule has 0 unspecified atom stereocenters. The predicted molar refractivity (Wildman–Crippen MR) is 77.7 cm³/mol. The number of nitrogen functional groups attached to an aromatic ring is 1. The van der Waals surface area contributed by atoms with Crippen LogP contribution in [-0.4, -0.2) is 29.5 Å². The van der Waals surface area contributed by atoms with Crippen molar-refractivity contribution in [3.8, 4) is 5.95 Å². The molecule has 3 heterocycles. The summed E-state index contributed by atoms with van der Waals surface area (Å²) in [5.41, 5.74) is 7.94. The molecule has 21 heavy (non-hydrogen) atoms. The highest BCUT2D eigenvalue weighted by Crippen LogP contribution is 2.10. The average molecular weight is 282 g/mol. The monoisotopic (exact) mass is 282 g/mol. The van der Waals surface area contributed by atoms with Gasteiger partial charge in [-0.15, -0.1) is 0 Å². The Morgan fingerprint density at radius 1 is 1.19 bits per heavy atom. The molecule has 0 saturated carbocycles. The van der Waals surface area contributed by atoms with Crippen LogP contribution >= 0.6 is 0 Å². The summed E-state index contributed by atoms with van der Waals surface area (Å²) in [5, 5.41) is 3.14. The van der Waals surface area contributed by atoms with E-state index in [0.717, 1.165) is 11.1 Å². The van der Waals surface area contributed by atoms with Crippen LogP contribution in [0.5, 0.6) is 0 Å². The molecule has 8 nitrogen and oxygen atoms in total. The van der Waals surface area contributed by atoms with E-state index in [-0.39, 0.29) is 5.95 Å². The van der Waals surface area contributed by atoms with Gasteiger partial charge < -0.3 is 11.1 Å². The number of imidazole rings is 1. The standard InChI is InChI=1S/C13H14N8/c1-9-6-15-3-2-10(9)7-17-12-18-11(14)19-13(20-12)21-5-4-16-8-21/h2-6,8H,7H2,1H3,(H3,14,17,18,19,20). The van der Waals surface area contributed by atoms with Gasteiger partial charge in [0.2, 0.25) is 17.8 Å². The first-order chi connectivity index (χ1) is 10.2. The largest absolute Gasteiger partial charge is 0.368 e. The highest BCUT2D eigenvalue weighted by atomic mass is 15.3. The van der Waals surface area contributed by atoms with Crippen molar-refractivity contribution < 1.29 is 0 Å². The molecular weight excluding hydrogens is 268 g/mol. The third-order valence-corrected chi connectivity index (χ3v) is 2.95. The number of hydrogen-bond donors (Lipinski definition) is 2. The van der Waals surface area contributed by atoms with Crippen LogP contribution in [0, 0.1) is 6.92 Å². The summed E-state index contributed by atoms with van der Waals surface area (Å²) in [6.07, 6.45) is 8.56. The number of anilines is 2. The molecule has 3 N–H and O–H groups in total. The van der Waals surface area contributed by atoms with E-state index in [4.69, 9.17) is 5.73 Å². The third kappa shape index (κ3) is 2.94. The van der Waals surface area contributed by atoms with Gasteiger partial charge in [-0.05, 0) is 24.1 Å². The minimum Gasteiger partial charge on any atom is -0.368 e. The zero-order valence-corrected chi connectivity index (χ0v) is 11.4. The van der Waals surface area contributed by atoms with E-state index in [1.165, 1.54) is 0 Å². The maximum Gasteiger partial charge on any atom is 0.241 e. The predicted octanol–water partition coefficient (Wildman–Crippen LogP) is 0.955. The van der Waals surface area contributed by atoms with E-state index in [1.807, 2.05) is 19.2 Å². The first kappa shape index (κ1) is 13.0. The Morgan fingerprint density at radius 2 is 2.10 bits per heavy atom. The number of nitrogens with one attached hydrogen (secondary N) is 1. The van der Waals surface area contributed by atoms with Gasteiger partial charge in [0.15, 0.2) is 0 Å². The van der Waals surface area contributed by atoms with Crippen molar-refractivity contribution in [2.24, 2.45) is 0 Å². The highest BCUT2D eigenvalue weighted by Gasteiger charge is 2.06. The minimum atomic E-state index is 0.155. The third-order valence-electron chi connectivity index (χ3n) is 2.95. The normalized spacial score (nSPS) is 10.5. The molecule has 0 saturated heterocycles. The van der Waals surface area contributed by atoms with Crippen molar-refractivity contribution in [2.75, 3.05) is 11.1 Å². The molecule has 8 heteroatoms. The minimum absolute atomic E-state index is 0.155. The summed E-state index contributed by atoms with van der Waals surface area (Å²) in [6, 6.07) is 1.95. The molecule has 3 rings (SSSR count). The molecule has 0 aliphatic heterocycles. The van der Waals surface area contributed by atoms with Crippen molar-refractivity contribution >= 4 is 11.9 Å². The molecule has 0 atom stereocenters. The fraction of sp³-hybridized carbons (Fsp3) is 0.154. The van der Waals surface area contributed by atoms with Crippen LogP contribution in [-0.2, 0) is 6.54 Å². The Kier molecular flexibility index (Phi) is 3.42. The second kappa shape index (κ2) is 5.53. The molecule has 106 valence electrons. The number of pyridine rings is 1. The molecule has 0 radical (unpaired) electrons. The topological polar surface area (TPSA) is 107 Å². The Hall–Kier alpha value is -3.03. The van der Waals surface area contributed by atoms with Gasteiger partial charge in [-0.2, -0.15) is 15.0 Å². The van der Waals surface area contributed by atoms with Crippen molar-refractivity contribution in [3.05, 3.63) is 48.3 Å². The van der Waals surface area contributed by atoms with Crippen LogP contribution in [0.2, 0.25) is 0 Å². The van der Waals surface area contributed by atoms with Crippen LogP contribution in [0.1, 0.15) is 11.1 Å². The molecular formula is C13H14N8. The SMILES string of the molecule is Cc1cnccc1CNc1nc(N)nc(-n2ccnc2)n1. The lowest BCUT2D eigenvalue weighted by Crippen LogP contribution is -2.11. The zero-order chi connectivity index (χ0) is 14.7. The summed E-state index contributed by atoms with van der Waals surface area (Å²) in [6.45, 7) is 2.59. The van der Waals surface area contributed by atoms with Crippen molar-refractivity contribution in [1.29, 1.82) is 0 Å². The van der Waals surface area contributed by atoms with Crippen molar-refractivity contribution in [1.82, 2.24) is 29.5 Å². The Morgan fingerprint density at radius 3 is 2.86 bits per heavy atom. The number of nitrogens with zero attached hydrogens (tertiary/aromatic N) is 6. The summed E-state index contributed by atoms with van der Waals surface area (Å²) in [5.74, 6) is 0.999. The maximum absolute atomic E-state index is 5.72. The number of aryl methyl sites for hydroxylation is 1. The number of hydrogen-bond acceptors (Lipinski definition) is 7.